The van der Waals surface area contributed by atoms with Crippen molar-refractivity contribution in [2.45, 2.75) is 38.2 Å². The van der Waals surface area contributed by atoms with E-state index >= 15 is 0 Å². The van der Waals surface area contributed by atoms with Gasteiger partial charge < -0.3 is 14.9 Å². The first-order valence-corrected chi connectivity index (χ1v) is 9.09. The highest BCUT2D eigenvalue weighted by Gasteiger charge is 2.30. The Bertz CT molecular complexity index is 552. The number of carbonyl (C=O) groups excluding carboxylic acids is 1. The van der Waals surface area contributed by atoms with Crippen molar-refractivity contribution in [3.05, 3.63) is 35.6 Å². The van der Waals surface area contributed by atoms with E-state index in [-0.39, 0.29) is 11.7 Å². The van der Waals surface area contributed by atoms with Crippen molar-refractivity contribution in [2.75, 3.05) is 32.7 Å². The molecule has 0 spiro atoms. The number of aliphatic hydroxyl groups excluding tert-OH is 1. The maximum atomic E-state index is 13.7. The number of benzene rings is 1. The first kappa shape index (κ1) is 17.4. The molecule has 1 unspecified atom stereocenters. The van der Waals surface area contributed by atoms with Crippen LogP contribution in [0.3, 0.4) is 0 Å². The summed E-state index contributed by atoms with van der Waals surface area (Å²) in [7, 11) is 0. The van der Waals surface area contributed by atoms with E-state index in [4.69, 9.17) is 0 Å². The molecule has 1 amide bonds. The molecule has 2 aliphatic rings. The van der Waals surface area contributed by atoms with E-state index in [9.17, 15) is 14.3 Å². The van der Waals surface area contributed by atoms with Crippen LogP contribution in [-0.2, 0) is 4.79 Å². The molecule has 3 rings (SSSR count). The first-order chi connectivity index (χ1) is 11.6. The first-order valence-electron chi connectivity index (χ1n) is 9.09. The third kappa shape index (κ3) is 4.14. The quantitative estimate of drug-likeness (QED) is 0.920. The summed E-state index contributed by atoms with van der Waals surface area (Å²) in [4.78, 5) is 16.7. The molecule has 2 saturated heterocycles. The van der Waals surface area contributed by atoms with Gasteiger partial charge in [-0.1, -0.05) is 18.2 Å². The molecule has 2 heterocycles. The van der Waals surface area contributed by atoms with Gasteiger partial charge in [-0.05, 0) is 51.3 Å². The number of hydrogen-bond donors (Lipinski definition) is 1. The molecule has 2 fully saturated rings. The number of aliphatic hydroxyl groups is 1. The second kappa shape index (κ2) is 8.08. The third-order valence-electron chi connectivity index (χ3n) is 5.30. The lowest BCUT2D eigenvalue weighted by molar-refractivity contribution is -0.138. The lowest BCUT2D eigenvalue weighted by Crippen LogP contribution is -2.45. The molecular weight excluding hydrogens is 307 g/mol. The maximum absolute atomic E-state index is 13.7. The fourth-order valence-electron chi connectivity index (χ4n) is 3.82. The summed E-state index contributed by atoms with van der Waals surface area (Å²) in [6, 6.07) is 6.38. The minimum atomic E-state index is -0.819. The van der Waals surface area contributed by atoms with Crippen molar-refractivity contribution in [1.82, 2.24) is 9.80 Å². The van der Waals surface area contributed by atoms with E-state index in [0.29, 0.717) is 18.0 Å². The Morgan fingerprint density at radius 3 is 2.46 bits per heavy atom. The highest BCUT2D eigenvalue weighted by Crippen LogP contribution is 2.24. The van der Waals surface area contributed by atoms with Crippen LogP contribution in [0.4, 0.5) is 4.39 Å². The average Bonchev–Trinajstić information content (AvgIpc) is 2.63. The summed E-state index contributed by atoms with van der Waals surface area (Å²) in [5.41, 5.74) is 0.351. The van der Waals surface area contributed by atoms with Crippen LogP contribution in [0.5, 0.6) is 0 Å². The van der Waals surface area contributed by atoms with Crippen molar-refractivity contribution in [3.63, 3.8) is 0 Å². The second-order valence-electron chi connectivity index (χ2n) is 7.00. The van der Waals surface area contributed by atoms with Gasteiger partial charge in [0, 0.05) is 31.1 Å². The molecule has 0 radical (unpaired) electrons. The predicted molar refractivity (Wildman–Crippen MR) is 91.0 cm³/mol. The number of nitrogens with zero attached hydrogens (tertiary/aromatic N) is 2. The summed E-state index contributed by atoms with van der Waals surface area (Å²) in [5.74, 6) is 0.0640. The summed E-state index contributed by atoms with van der Waals surface area (Å²) in [5, 5.41) is 10.3. The second-order valence-corrected chi connectivity index (χ2v) is 7.00. The standard InChI is InChI=1S/C19H27FN2O2/c20-17-7-3-2-6-16(17)18(23)14-21-12-8-15(9-13-21)19(24)22-10-4-1-5-11-22/h2-3,6-7,15,18,23H,1,4-5,8-14H2. The Hall–Kier alpha value is -1.46. The van der Waals surface area contributed by atoms with Gasteiger partial charge in [-0.2, -0.15) is 0 Å². The van der Waals surface area contributed by atoms with Gasteiger partial charge in [0.1, 0.15) is 5.82 Å². The molecule has 2 aliphatic heterocycles. The SMILES string of the molecule is O=C(C1CCN(CC(O)c2ccccc2F)CC1)N1CCCCC1. The van der Waals surface area contributed by atoms with E-state index < -0.39 is 6.10 Å². The van der Waals surface area contributed by atoms with Crippen LogP contribution >= 0.6 is 0 Å². The number of hydrogen-bond acceptors (Lipinski definition) is 3. The number of amides is 1. The lowest BCUT2D eigenvalue weighted by Gasteiger charge is -2.36. The molecule has 132 valence electrons. The zero-order valence-corrected chi connectivity index (χ0v) is 14.2. The smallest absolute Gasteiger partial charge is 0.225 e. The number of rotatable bonds is 4. The number of likely N-dealkylation sites (tertiary alicyclic amines) is 2. The monoisotopic (exact) mass is 334 g/mol. The number of halogens is 1. The highest BCUT2D eigenvalue weighted by atomic mass is 19.1. The molecule has 1 N–H and O–H groups in total. The Morgan fingerprint density at radius 1 is 1.12 bits per heavy atom. The summed E-state index contributed by atoms with van der Waals surface area (Å²) in [6.45, 7) is 3.81. The van der Waals surface area contributed by atoms with Gasteiger partial charge >= 0.3 is 0 Å². The van der Waals surface area contributed by atoms with Crippen LogP contribution < -0.4 is 0 Å². The van der Waals surface area contributed by atoms with Gasteiger partial charge in [0.2, 0.25) is 5.91 Å². The van der Waals surface area contributed by atoms with Gasteiger partial charge in [0.15, 0.2) is 0 Å². The van der Waals surface area contributed by atoms with Crippen LogP contribution in [-0.4, -0.2) is 53.5 Å². The molecule has 0 saturated carbocycles. The summed E-state index contributed by atoms with van der Waals surface area (Å²) >= 11 is 0. The van der Waals surface area contributed by atoms with Gasteiger partial charge in [0.25, 0.3) is 0 Å². The van der Waals surface area contributed by atoms with Crippen LogP contribution in [0.25, 0.3) is 0 Å². The molecule has 24 heavy (non-hydrogen) atoms. The van der Waals surface area contributed by atoms with Crippen molar-refractivity contribution in [2.24, 2.45) is 5.92 Å². The molecule has 0 bridgehead atoms. The van der Waals surface area contributed by atoms with Gasteiger partial charge in [0.05, 0.1) is 6.10 Å². The minimum Gasteiger partial charge on any atom is -0.387 e. The highest BCUT2D eigenvalue weighted by molar-refractivity contribution is 5.79. The topological polar surface area (TPSA) is 43.8 Å². The van der Waals surface area contributed by atoms with Crippen LogP contribution in [0.2, 0.25) is 0 Å². The van der Waals surface area contributed by atoms with E-state index in [0.717, 1.165) is 51.9 Å². The molecule has 1 aromatic rings. The van der Waals surface area contributed by atoms with Crippen LogP contribution in [0, 0.1) is 11.7 Å². The molecule has 0 aromatic heterocycles. The van der Waals surface area contributed by atoms with Gasteiger partial charge in [-0.15, -0.1) is 0 Å². The predicted octanol–water partition coefficient (Wildman–Crippen LogP) is 2.58. The molecule has 0 aliphatic carbocycles. The van der Waals surface area contributed by atoms with Crippen molar-refractivity contribution in [1.29, 1.82) is 0 Å². The Kier molecular flexibility index (Phi) is 5.85. The van der Waals surface area contributed by atoms with Gasteiger partial charge in [-0.3, -0.25) is 4.79 Å². The van der Waals surface area contributed by atoms with E-state index in [2.05, 4.69) is 4.90 Å². The van der Waals surface area contributed by atoms with E-state index in [1.807, 2.05) is 4.90 Å². The van der Waals surface area contributed by atoms with Gasteiger partial charge in [-0.25, -0.2) is 4.39 Å². The zero-order chi connectivity index (χ0) is 16.9. The molecule has 5 heteroatoms. The Labute approximate surface area is 143 Å². The molecule has 4 nitrogen and oxygen atoms in total. The van der Waals surface area contributed by atoms with Crippen molar-refractivity contribution < 1.29 is 14.3 Å². The number of piperidine rings is 2. The zero-order valence-electron chi connectivity index (χ0n) is 14.2. The fraction of sp³-hybridized carbons (Fsp3) is 0.632. The van der Waals surface area contributed by atoms with Crippen molar-refractivity contribution >= 4 is 5.91 Å². The maximum Gasteiger partial charge on any atom is 0.225 e. The van der Waals surface area contributed by atoms with Crippen LogP contribution in [0.1, 0.15) is 43.8 Å². The number of β-amino-alcohol motifs (C(OH)–C–C–N with tert-alkyl or cyclic N) is 1. The van der Waals surface area contributed by atoms with Crippen LogP contribution in [0.15, 0.2) is 24.3 Å². The fourth-order valence-corrected chi connectivity index (χ4v) is 3.82. The summed E-state index contributed by atoms with van der Waals surface area (Å²) in [6.07, 6.45) is 4.33. The van der Waals surface area contributed by atoms with Crippen molar-refractivity contribution in [3.8, 4) is 0 Å². The lowest BCUT2D eigenvalue weighted by atomic mass is 9.94. The molecule has 1 atom stereocenters. The number of carbonyl (C=O) groups is 1. The van der Waals surface area contributed by atoms with E-state index in [1.54, 1.807) is 18.2 Å². The minimum absolute atomic E-state index is 0.116. The molecule has 1 aromatic carbocycles. The third-order valence-corrected chi connectivity index (χ3v) is 5.30. The normalized spacial score (nSPS) is 21.7. The average molecular weight is 334 g/mol. The Balaban J connectivity index is 1.48. The molecular formula is C19H27FN2O2. The van der Waals surface area contributed by atoms with E-state index in [1.165, 1.54) is 12.5 Å². The summed E-state index contributed by atoms with van der Waals surface area (Å²) < 4.78 is 13.7. The largest absolute Gasteiger partial charge is 0.387 e. The Morgan fingerprint density at radius 2 is 1.79 bits per heavy atom.